The predicted octanol–water partition coefficient (Wildman–Crippen LogP) is 5.82. The second kappa shape index (κ2) is 6.16. The van der Waals surface area contributed by atoms with Crippen LogP contribution in [0.15, 0.2) is 0 Å². The lowest BCUT2D eigenvalue weighted by molar-refractivity contribution is -0.0756. The van der Waals surface area contributed by atoms with E-state index in [4.69, 9.17) is 4.74 Å². The second-order valence-electron chi connectivity index (χ2n) is 9.12. The average molecular weight is 268 g/mol. The van der Waals surface area contributed by atoms with Gasteiger partial charge in [-0.05, 0) is 35.5 Å². The summed E-state index contributed by atoms with van der Waals surface area (Å²) in [6.45, 7) is 17.5. The van der Waals surface area contributed by atoms with Crippen molar-refractivity contribution in [2.75, 3.05) is 6.61 Å². The van der Waals surface area contributed by atoms with Gasteiger partial charge in [0.2, 0.25) is 0 Å². The molecule has 0 N–H and O–H groups in total. The van der Waals surface area contributed by atoms with E-state index in [2.05, 4.69) is 48.5 Å². The van der Waals surface area contributed by atoms with Gasteiger partial charge in [-0.25, -0.2) is 0 Å². The fourth-order valence-electron chi connectivity index (χ4n) is 3.24. The molecule has 1 fully saturated rings. The van der Waals surface area contributed by atoms with Crippen molar-refractivity contribution in [3.63, 3.8) is 0 Å². The maximum absolute atomic E-state index is 6.32. The Hall–Kier alpha value is -0.0400. The average Bonchev–Trinajstić information content (AvgIpc) is 2.24. The number of ether oxygens (including phenoxy) is 1. The zero-order valence-corrected chi connectivity index (χ0v) is 14.4. The molecule has 114 valence electrons. The Morgan fingerprint density at radius 2 is 1.37 bits per heavy atom. The molecule has 1 saturated carbocycles. The van der Waals surface area contributed by atoms with Crippen molar-refractivity contribution < 1.29 is 4.74 Å². The Bertz CT molecular complexity index is 262. The molecule has 1 aliphatic rings. The molecule has 1 nitrogen and oxygen atoms in total. The Morgan fingerprint density at radius 3 is 1.79 bits per heavy atom. The van der Waals surface area contributed by atoms with E-state index in [1.165, 1.54) is 38.5 Å². The van der Waals surface area contributed by atoms with E-state index in [1.807, 2.05) is 0 Å². The summed E-state index contributed by atoms with van der Waals surface area (Å²) in [6, 6.07) is 0. The zero-order valence-electron chi connectivity index (χ0n) is 14.4. The van der Waals surface area contributed by atoms with E-state index in [-0.39, 0.29) is 10.8 Å². The summed E-state index contributed by atoms with van der Waals surface area (Å²) in [5.41, 5.74) is 0.898. The highest BCUT2D eigenvalue weighted by molar-refractivity contribution is 4.90. The van der Waals surface area contributed by atoms with Crippen molar-refractivity contribution >= 4 is 0 Å². The Balaban J connectivity index is 2.64. The van der Waals surface area contributed by atoms with Crippen LogP contribution in [0, 0.1) is 16.2 Å². The van der Waals surface area contributed by atoms with E-state index >= 15 is 0 Å². The molecule has 1 aliphatic carbocycles. The monoisotopic (exact) mass is 268 g/mol. The lowest BCUT2D eigenvalue weighted by Gasteiger charge is -2.46. The van der Waals surface area contributed by atoms with Crippen LogP contribution >= 0.6 is 0 Å². The summed E-state index contributed by atoms with van der Waals surface area (Å²) in [4.78, 5) is 0. The molecule has 0 heterocycles. The van der Waals surface area contributed by atoms with Gasteiger partial charge in [-0.15, -0.1) is 0 Å². The summed E-state index contributed by atoms with van der Waals surface area (Å²) in [6.07, 6.45) is 8.40. The largest absolute Gasteiger partial charge is 0.378 e. The maximum Gasteiger partial charge on any atom is 0.0575 e. The van der Waals surface area contributed by atoms with Crippen molar-refractivity contribution in [1.29, 1.82) is 0 Å². The van der Waals surface area contributed by atoms with Crippen LogP contribution < -0.4 is 0 Å². The lowest BCUT2D eigenvalue weighted by Crippen LogP contribution is -2.41. The first kappa shape index (κ1) is 17.0. The molecule has 0 aromatic rings. The van der Waals surface area contributed by atoms with Gasteiger partial charge in [0.05, 0.1) is 12.7 Å². The molecular weight excluding hydrogens is 232 g/mol. The molecule has 1 unspecified atom stereocenters. The van der Waals surface area contributed by atoms with Crippen LogP contribution in [-0.4, -0.2) is 12.7 Å². The van der Waals surface area contributed by atoms with Gasteiger partial charge in [-0.3, -0.25) is 0 Å². The topological polar surface area (TPSA) is 9.23 Å². The fourth-order valence-corrected chi connectivity index (χ4v) is 3.24. The quantitative estimate of drug-likeness (QED) is 0.624. The second-order valence-corrected chi connectivity index (χ2v) is 9.12. The fraction of sp³-hybridized carbons (Fsp3) is 1.00. The van der Waals surface area contributed by atoms with E-state index in [0.29, 0.717) is 11.5 Å². The summed E-state index contributed by atoms with van der Waals surface area (Å²) in [5, 5.41) is 0. The first-order chi connectivity index (χ1) is 8.54. The highest BCUT2D eigenvalue weighted by Crippen LogP contribution is 2.47. The van der Waals surface area contributed by atoms with E-state index in [9.17, 15) is 0 Å². The third-order valence-electron chi connectivity index (χ3n) is 4.92. The molecule has 0 amide bonds. The first-order valence-corrected chi connectivity index (χ1v) is 8.15. The molecule has 1 atom stereocenters. The van der Waals surface area contributed by atoms with Gasteiger partial charge >= 0.3 is 0 Å². The van der Waals surface area contributed by atoms with Gasteiger partial charge in [-0.1, -0.05) is 67.7 Å². The minimum Gasteiger partial charge on any atom is -0.378 e. The Labute approximate surface area is 121 Å². The van der Waals surface area contributed by atoms with Crippen LogP contribution in [-0.2, 0) is 4.74 Å². The number of rotatable bonds is 4. The van der Waals surface area contributed by atoms with Gasteiger partial charge in [0.1, 0.15) is 0 Å². The minimum absolute atomic E-state index is 0.253. The summed E-state index contributed by atoms with van der Waals surface area (Å²) in [5.74, 6) is 0. The van der Waals surface area contributed by atoms with E-state index in [0.717, 1.165) is 6.61 Å². The van der Waals surface area contributed by atoms with Gasteiger partial charge in [-0.2, -0.15) is 0 Å². The summed E-state index contributed by atoms with van der Waals surface area (Å²) >= 11 is 0. The Kier molecular flexibility index (Phi) is 5.52. The SMILES string of the molecule is CC(C)(C)CC(C)(COC1CCCCC1)C(C)(C)C. The molecule has 0 aromatic carbocycles. The normalized spacial score (nSPS) is 22.3. The van der Waals surface area contributed by atoms with Crippen molar-refractivity contribution in [3.8, 4) is 0 Å². The molecule has 0 aromatic heterocycles. The number of hydrogen-bond donors (Lipinski definition) is 0. The predicted molar refractivity (Wildman–Crippen MR) is 84.5 cm³/mol. The standard InChI is InChI=1S/C18H36O/c1-16(2,3)13-18(7,17(4,5)6)14-19-15-11-9-8-10-12-15/h15H,8-14H2,1-7H3. The zero-order chi connectivity index (χ0) is 14.7. The lowest BCUT2D eigenvalue weighted by atomic mass is 9.62. The van der Waals surface area contributed by atoms with Crippen molar-refractivity contribution in [3.05, 3.63) is 0 Å². The maximum atomic E-state index is 6.32. The highest BCUT2D eigenvalue weighted by atomic mass is 16.5. The number of hydrogen-bond acceptors (Lipinski definition) is 1. The van der Waals surface area contributed by atoms with Crippen LogP contribution in [0.4, 0.5) is 0 Å². The van der Waals surface area contributed by atoms with Crippen molar-refractivity contribution in [1.82, 2.24) is 0 Å². The third kappa shape index (κ3) is 5.45. The third-order valence-corrected chi connectivity index (χ3v) is 4.92. The van der Waals surface area contributed by atoms with E-state index < -0.39 is 0 Å². The summed E-state index contributed by atoms with van der Waals surface area (Å²) in [7, 11) is 0. The molecule has 19 heavy (non-hydrogen) atoms. The minimum atomic E-state index is 0.253. The summed E-state index contributed by atoms with van der Waals surface area (Å²) < 4.78 is 6.32. The molecule has 1 rings (SSSR count). The molecular formula is C18H36O. The van der Waals surface area contributed by atoms with Gasteiger partial charge in [0, 0.05) is 0 Å². The smallest absolute Gasteiger partial charge is 0.0575 e. The highest BCUT2D eigenvalue weighted by Gasteiger charge is 2.41. The van der Waals surface area contributed by atoms with Crippen LogP contribution in [0.2, 0.25) is 0 Å². The first-order valence-electron chi connectivity index (χ1n) is 8.15. The van der Waals surface area contributed by atoms with Gasteiger partial charge in [0.15, 0.2) is 0 Å². The van der Waals surface area contributed by atoms with Crippen molar-refractivity contribution in [2.24, 2.45) is 16.2 Å². The van der Waals surface area contributed by atoms with Crippen molar-refractivity contribution in [2.45, 2.75) is 93.1 Å². The molecule has 0 saturated heterocycles. The molecule has 0 radical (unpaired) electrons. The molecule has 0 bridgehead atoms. The van der Waals surface area contributed by atoms with Crippen LogP contribution in [0.25, 0.3) is 0 Å². The molecule has 1 heteroatoms. The van der Waals surface area contributed by atoms with Crippen LogP contribution in [0.5, 0.6) is 0 Å². The van der Waals surface area contributed by atoms with Crippen LogP contribution in [0.1, 0.15) is 87.0 Å². The van der Waals surface area contributed by atoms with E-state index in [1.54, 1.807) is 0 Å². The molecule has 0 spiro atoms. The molecule has 0 aliphatic heterocycles. The Morgan fingerprint density at radius 1 is 0.842 bits per heavy atom. The van der Waals surface area contributed by atoms with Crippen LogP contribution in [0.3, 0.4) is 0 Å². The van der Waals surface area contributed by atoms with Gasteiger partial charge in [0.25, 0.3) is 0 Å². The van der Waals surface area contributed by atoms with Gasteiger partial charge < -0.3 is 4.74 Å².